The lowest BCUT2D eigenvalue weighted by Crippen LogP contribution is -2.29. The second-order valence-electron chi connectivity index (χ2n) is 4.32. The molecule has 0 radical (unpaired) electrons. The summed E-state index contributed by atoms with van der Waals surface area (Å²) in [6.45, 7) is 0.0679. The molecule has 0 unspecified atom stereocenters. The number of nitrogens with zero attached hydrogens (tertiary/aromatic N) is 2. The van der Waals surface area contributed by atoms with Crippen molar-refractivity contribution in [3.05, 3.63) is 62.8 Å². The molecule has 3 rings (SSSR count). The quantitative estimate of drug-likeness (QED) is 0.780. The van der Waals surface area contributed by atoms with Gasteiger partial charge in [-0.3, -0.25) is 19.5 Å². The highest BCUT2D eigenvalue weighted by atomic mass is 79.9. The molecule has 2 aromatic rings. The van der Waals surface area contributed by atoms with E-state index in [0.717, 1.165) is 9.37 Å². The summed E-state index contributed by atoms with van der Waals surface area (Å²) in [4.78, 5) is 29.7. The summed E-state index contributed by atoms with van der Waals surface area (Å²) < 4.78 is 0.744. The highest BCUT2D eigenvalue weighted by Gasteiger charge is 2.35. The van der Waals surface area contributed by atoms with E-state index in [2.05, 4.69) is 20.9 Å². The van der Waals surface area contributed by atoms with Crippen molar-refractivity contribution in [3.8, 4) is 0 Å². The van der Waals surface area contributed by atoms with E-state index in [1.54, 1.807) is 36.5 Å². The minimum atomic E-state index is -0.314. The molecule has 1 aliphatic heterocycles. The number of carbonyl (C=O) groups excluding carboxylic acids is 2. The number of fused-ring (bicyclic) bond motifs is 1. The third-order valence-electron chi connectivity index (χ3n) is 3.07. The van der Waals surface area contributed by atoms with E-state index in [0.29, 0.717) is 21.8 Å². The van der Waals surface area contributed by atoms with Crippen LogP contribution in [0.4, 0.5) is 0 Å². The van der Waals surface area contributed by atoms with Gasteiger partial charge in [0, 0.05) is 10.7 Å². The van der Waals surface area contributed by atoms with Gasteiger partial charge >= 0.3 is 0 Å². The molecule has 6 heteroatoms. The molecule has 1 aliphatic rings. The molecular formula is C14H8BrClN2O2. The van der Waals surface area contributed by atoms with Crippen LogP contribution in [0.15, 0.2) is 41.0 Å². The van der Waals surface area contributed by atoms with Crippen LogP contribution in [0.5, 0.6) is 0 Å². The Morgan fingerprint density at radius 1 is 1.15 bits per heavy atom. The Kier molecular flexibility index (Phi) is 3.31. The lowest BCUT2D eigenvalue weighted by atomic mass is 10.1. The summed E-state index contributed by atoms with van der Waals surface area (Å²) in [6, 6.07) is 8.44. The Hall–Kier alpha value is -1.72. The number of benzene rings is 1. The number of carbonyl (C=O) groups is 2. The van der Waals surface area contributed by atoms with Crippen molar-refractivity contribution in [1.29, 1.82) is 0 Å². The fraction of sp³-hybridized carbons (Fsp3) is 0.0714. The van der Waals surface area contributed by atoms with Crippen LogP contribution in [0.1, 0.15) is 26.4 Å². The molecule has 1 aromatic carbocycles. The van der Waals surface area contributed by atoms with Gasteiger partial charge in [0.15, 0.2) is 0 Å². The lowest BCUT2D eigenvalue weighted by molar-refractivity contribution is 0.0640. The van der Waals surface area contributed by atoms with Gasteiger partial charge in [0.25, 0.3) is 11.8 Å². The Balaban J connectivity index is 1.94. The standard InChI is InChI=1S/C14H8BrClN2O2/c15-8-5-11(16)12(17-6-8)7-18-13(19)9-3-1-2-4-10(9)14(18)20/h1-6H,7H2. The van der Waals surface area contributed by atoms with Crippen LogP contribution < -0.4 is 0 Å². The number of hydrogen-bond acceptors (Lipinski definition) is 3. The van der Waals surface area contributed by atoms with E-state index < -0.39 is 0 Å². The van der Waals surface area contributed by atoms with Crippen LogP contribution in [0, 0.1) is 0 Å². The zero-order chi connectivity index (χ0) is 14.3. The van der Waals surface area contributed by atoms with Gasteiger partial charge in [-0.2, -0.15) is 0 Å². The Morgan fingerprint density at radius 2 is 1.75 bits per heavy atom. The Morgan fingerprint density at radius 3 is 2.30 bits per heavy atom. The first-order chi connectivity index (χ1) is 9.58. The van der Waals surface area contributed by atoms with Crippen LogP contribution in [0.3, 0.4) is 0 Å². The van der Waals surface area contributed by atoms with Crippen LogP contribution in [-0.2, 0) is 6.54 Å². The predicted molar refractivity (Wildman–Crippen MR) is 77.6 cm³/mol. The molecule has 2 amide bonds. The number of rotatable bonds is 2. The van der Waals surface area contributed by atoms with Gasteiger partial charge in [-0.15, -0.1) is 0 Å². The van der Waals surface area contributed by atoms with Gasteiger partial charge in [0.1, 0.15) is 0 Å². The van der Waals surface area contributed by atoms with Gasteiger partial charge < -0.3 is 0 Å². The number of amides is 2. The minimum Gasteiger partial charge on any atom is -0.269 e. The predicted octanol–water partition coefficient (Wildman–Crippen LogP) is 3.29. The molecule has 100 valence electrons. The first-order valence-corrected chi connectivity index (χ1v) is 7.00. The first kappa shape index (κ1) is 13.3. The average Bonchev–Trinajstić information content (AvgIpc) is 2.67. The molecule has 0 atom stereocenters. The van der Waals surface area contributed by atoms with Crippen LogP contribution in [0.25, 0.3) is 0 Å². The van der Waals surface area contributed by atoms with Gasteiger partial charge in [0.2, 0.25) is 0 Å². The SMILES string of the molecule is O=C1c2ccccc2C(=O)N1Cc1ncc(Br)cc1Cl. The molecule has 0 N–H and O–H groups in total. The molecule has 2 heterocycles. The molecule has 0 saturated carbocycles. The molecular weight excluding hydrogens is 344 g/mol. The number of pyridine rings is 1. The maximum atomic E-state index is 12.2. The van der Waals surface area contributed by atoms with Crippen molar-refractivity contribution >= 4 is 39.3 Å². The number of aromatic nitrogens is 1. The second-order valence-corrected chi connectivity index (χ2v) is 5.65. The van der Waals surface area contributed by atoms with Crippen molar-refractivity contribution in [3.63, 3.8) is 0 Å². The van der Waals surface area contributed by atoms with E-state index >= 15 is 0 Å². The molecule has 0 fully saturated rings. The summed E-state index contributed by atoms with van der Waals surface area (Å²) >= 11 is 9.33. The van der Waals surface area contributed by atoms with Crippen LogP contribution >= 0.6 is 27.5 Å². The van der Waals surface area contributed by atoms with E-state index in [1.807, 2.05) is 0 Å². The number of imide groups is 1. The third kappa shape index (κ3) is 2.13. The minimum absolute atomic E-state index is 0.0679. The third-order valence-corrected chi connectivity index (χ3v) is 3.83. The second kappa shape index (κ2) is 5.00. The fourth-order valence-corrected chi connectivity index (χ4v) is 2.78. The maximum Gasteiger partial charge on any atom is 0.261 e. The topological polar surface area (TPSA) is 50.3 Å². The summed E-state index contributed by atoms with van der Waals surface area (Å²) in [5.74, 6) is -0.627. The van der Waals surface area contributed by atoms with Gasteiger partial charge in [-0.05, 0) is 34.1 Å². The first-order valence-electron chi connectivity index (χ1n) is 5.83. The smallest absolute Gasteiger partial charge is 0.261 e. The van der Waals surface area contributed by atoms with E-state index in [1.165, 1.54) is 0 Å². The largest absolute Gasteiger partial charge is 0.269 e. The fourth-order valence-electron chi connectivity index (χ4n) is 2.09. The monoisotopic (exact) mass is 350 g/mol. The lowest BCUT2D eigenvalue weighted by Gasteiger charge is -2.14. The van der Waals surface area contributed by atoms with E-state index in [-0.39, 0.29) is 18.4 Å². The number of hydrogen-bond donors (Lipinski definition) is 0. The summed E-state index contributed by atoms with van der Waals surface area (Å²) in [6.07, 6.45) is 1.58. The summed E-state index contributed by atoms with van der Waals surface area (Å²) in [5, 5.41) is 0.413. The summed E-state index contributed by atoms with van der Waals surface area (Å²) in [7, 11) is 0. The molecule has 4 nitrogen and oxygen atoms in total. The zero-order valence-corrected chi connectivity index (χ0v) is 12.5. The van der Waals surface area contributed by atoms with Crippen molar-refractivity contribution in [2.45, 2.75) is 6.54 Å². The van der Waals surface area contributed by atoms with Crippen LogP contribution in [0.2, 0.25) is 5.02 Å². The Labute approximate surface area is 128 Å². The van der Waals surface area contributed by atoms with Gasteiger partial charge in [-0.1, -0.05) is 23.7 Å². The van der Waals surface area contributed by atoms with E-state index in [4.69, 9.17) is 11.6 Å². The maximum absolute atomic E-state index is 12.2. The molecule has 0 aliphatic carbocycles. The van der Waals surface area contributed by atoms with E-state index in [9.17, 15) is 9.59 Å². The highest BCUT2D eigenvalue weighted by molar-refractivity contribution is 9.10. The van der Waals surface area contributed by atoms with Gasteiger partial charge in [-0.25, -0.2) is 0 Å². The van der Waals surface area contributed by atoms with Crippen molar-refractivity contribution < 1.29 is 9.59 Å². The van der Waals surface area contributed by atoms with Gasteiger partial charge in [0.05, 0.1) is 28.4 Å². The van der Waals surface area contributed by atoms with Crippen molar-refractivity contribution in [2.75, 3.05) is 0 Å². The Bertz CT molecular complexity index is 698. The number of halogens is 2. The highest BCUT2D eigenvalue weighted by Crippen LogP contribution is 2.26. The average molecular weight is 352 g/mol. The van der Waals surface area contributed by atoms with Crippen molar-refractivity contribution in [1.82, 2.24) is 9.88 Å². The molecule has 0 bridgehead atoms. The van der Waals surface area contributed by atoms with Crippen molar-refractivity contribution in [2.24, 2.45) is 0 Å². The molecule has 20 heavy (non-hydrogen) atoms. The normalized spacial score (nSPS) is 13.8. The van der Waals surface area contributed by atoms with Crippen LogP contribution in [-0.4, -0.2) is 21.7 Å². The molecule has 0 saturated heterocycles. The zero-order valence-electron chi connectivity index (χ0n) is 10.1. The molecule has 0 spiro atoms. The summed E-state index contributed by atoms with van der Waals surface area (Å²) in [5.41, 5.74) is 1.33. The molecule has 1 aromatic heterocycles.